The van der Waals surface area contributed by atoms with Crippen molar-refractivity contribution in [3.63, 3.8) is 0 Å². The average molecular weight is 533 g/mol. The molecule has 0 atom stereocenters. The van der Waals surface area contributed by atoms with Crippen LogP contribution in [0.2, 0.25) is 0 Å². The molecule has 0 aliphatic rings. The van der Waals surface area contributed by atoms with Gasteiger partial charge in [-0.25, -0.2) is 5.43 Å². The second-order valence-electron chi connectivity index (χ2n) is 5.38. The Morgan fingerprint density at radius 1 is 1.12 bits per heavy atom. The van der Waals surface area contributed by atoms with Crippen LogP contribution in [0.3, 0.4) is 0 Å². The van der Waals surface area contributed by atoms with E-state index in [9.17, 15) is 4.79 Å². The number of hydrazone groups is 1. The summed E-state index contributed by atoms with van der Waals surface area (Å²) in [5.41, 5.74) is 5.34. The van der Waals surface area contributed by atoms with E-state index in [4.69, 9.17) is 0 Å². The van der Waals surface area contributed by atoms with Crippen molar-refractivity contribution in [2.75, 3.05) is 30.9 Å². The van der Waals surface area contributed by atoms with Crippen molar-refractivity contribution in [1.82, 2.24) is 5.43 Å². The number of benzene rings is 2. The highest BCUT2D eigenvalue weighted by Crippen LogP contribution is 2.34. The third kappa shape index (κ3) is 6.13. The molecule has 0 unspecified atom stereocenters. The van der Waals surface area contributed by atoms with Gasteiger partial charge >= 0.3 is 0 Å². The van der Waals surface area contributed by atoms with E-state index in [0.717, 1.165) is 30.4 Å². The second kappa shape index (κ2) is 9.35. The summed E-state index contributed by atoms with van der Waals surface area (Å²) in [5, 5.41) is 7.05. The Balaban J connectivity index is 1.86. The molecule has 0 spiro atoms. The fourth-order valence-corrected chi connectivity index (χ4v) is 4.50. The molecule has 0 saturated heterocycles. The van der Waals surface area contributed by atoms with E-state index < -0.39 is 0 Å². The molecular formula is C17H17Br3N4O. The fourth-order valence-electron chi connectivity index (χ4n) is 1.96. The SMILES string of the molecule is CN(C)c1ccc(/C=N/NC(=O)CNc2c(Br)cc(Br)cc2Br)cc1. The largest absolute Gasteiger partial charge is 0.378 e. The first-order valence-electron chi connectivity index (χ1n) is 7.34. The molecule has 25 heavy (non-hydrogen) atoms. The summed E-state index contributed by atoms with van der Waals surface area (Å²) in [6, 6.07) is 11.7. The Labute approximate surface area is 172 Å². The normalized spacial score (nSPS) is 10.8. The highest BCUT2D eigenvalue weighted by Gasteiger charge is 2.08. The maximum absolute atomic E-state index is 11.9. The number of nitrogens with zero attached hydrogens (tertiary/aromatic N) is 2. The number of carbonyl (C=O) groups is 1. The van der Waals surface area contributed by atoms with Gasteiger partial charge in [-0.1, -0.05) is 28.1 Å². The minimum atomic E-state index is -0.233. The number of amides is 1. The third-order valence-electron chi connectivity index (χ3n) is 3.24. The average Bonchev–Trinajstić information content (AvgIpc) is 2.54. The minimum Gasteiger partial charge on any atom is -0.378 e. The smallest absolute Gasteiger partial charge is 0.259 e. The Kier molecular flexibility index (Phi) is 7.46. The van der Waals surface area contributed by atoms with Crippen LogP contribution in [0, 0.1) is 0 Å². The maximum atomic E-state index is 11.9. The number of nitrogens with one attached hydrogen (secondary N) is 2. The minimum absolute atomic E-state index is 0.107. The summed E-state index contributed by atoms with van der Waals surface area (Å²) in [4.78, 5) is 13.9. The zero-order valence-corrected chi connectivity index (χ0v) is 18.4. The Morgan fingerprint density at radius 3 is 2.28 bits per heavy atom. The van der Waals surface area contributed by atoms with Crippen LogP contribution in [0.5, 0.6) is 0 Å². The molecule has 8 heteroatoms. The number of anilines is 2. The lowest BCUT2D eigenvalue weighted by atomic mass is 10.2. The highest BCUT2D eigenvalue weighted by molar-refractivity contribution is 9.11. The van der Waals surface area contributed by atoms with Gasteiger partial charge in [-0.2, -0.15) is 5.10 Å². The van der Waals surface area contributed by atoms with Gasteiger partial charge in [0.1, 0.15) is 0 Å². The topological polar surface area (TPSA) is 56.7 Å². The van der Waals surface area contributed by atoms with Crippen molar-refractivity contribution in [1.29, 1.82) is 0 Å². The Bertz CT molecular complexity index is 753. The van der Waals surface area contributed by atoms with Crippen molar-refractivity contribution >= 4 is 71.3 Å². The molecule has 2 aromatic rings. The molecule has 2 rings (SSSR count). The summed E-state index contributed by atoms with van der Waals surface area (Å²) >= 11 is 10.3. The molecule has 2 N–H and O–H groups in total. The summed E-state index contributed by atoms with van der Waals surface area (Å²) in [6.07, 6.45) is 1.61. The lowest BCUT2D eigenvalue weighted by molar-refractivity contribution is -0.119. The van der Waals surface area contributed by atoms with Gasteiger partial charge in [0.05, 0.1) is 18.4 Å². The molecule has 0 saturated carbocycles. The predicted molar refractivity (Wildman–Crippen MR) is 115 cm³/mol. The highest BCUT2D eigenvalue weighted by atomic mass is 79.9. The quantitative estimate of drug-likeness (QED) is 0.422. The van der Waals surface area contributed by atoms with Crippen molar-refractivity contribution in [2.45, 2.75) is 0 Å². The lowest BCUT2D eigenvalue weighted by Gasteiger charge is -2.11. The number of hydrogen-bond acceptors (Lipinski definition) is 4. The van der Waals surface area contributed by atoms with Crippen LogP contribution >= 0.6 is 47.8 Å². The van der Waals surface area contributed by atoms with Crippen LogP contribution in [0.4, 0.5) is 11.4 Å². The molecule has 0 radical (unpaired) electrons. The van der Waals surface area contributed by atoms with Crippen LogP contribution in [-0.4, -0.2) is 32.8 Å². The molecule has 0 aliphatic heterocycles. The van der Waals surface area contributed by atoms with Gasteiger partial charge in [-0.15, -0.1) is 0 Å². The number of halogens is 3. The van der Waals surface area contributed by atoms with E-state index in [-0.39, 0.29) is 12.5 Å². The van der Waals surface area contributed by atoms with Gasteiger partial charge in [0.2, 0.25) is 0 Å². The molecule has 1 amide bonds. The fraction of sp³-hybridized carbons (Fsp3) is 0.176. The summed E-state index contributed by atoms with van der Waals surface area (Å²) in [7, 11) is 3.97. The van der Waals surface area contributed by atoms with E-state index in [1.54, 1.807) is 6.21 Å². The number of carbonyl (C=O) groups excluding carboxylic acids is 1. The summed E-state index contributed by atoms with van der Waals surface area (Å²) < 4.78 is 2.64. The lowest BCUT2D eigenvalue weighted by Crippen LogP contribution is -2.26. The summed E-state index contributed by atoms with van der Waals surface area (Å²) in [5.74, 6) is -0.233. The van der Waals surface area contributed by atoms with E-state index in [2.05, 4.69) is 63.6 Å². The molecule has 0 heterocycles. The van der Waals surface area contributed by atoms with Crippen LogP contribution in [0.25, 0.3) is 0 Å². The van der Waals surface area contributed by atoms with Crippen LogP contribution < -0.4 is 15.6 Å². The third-order valence-corrected chi connectivity index (χ3v) is 4.95. The Hall–Kier alpha value is -1.38. The zero-order valence-electron chi connectivity index (χ0n) is 13.7. The van der Waals surface area contributed by atoms with Gasteiger partial charge in [0.15, 0.2) is 0 Å². The summed E-state index contributed by atoms with van der Waals surface area (Å²) in [6.45, 7) is 0.107. The monoisotopic (exact) mass is 530 g/mol. The Morgan fingerprint density at radius 2 is 1.72 bits per heavy atom. The molecule has 0 fully saturated rings. The van der Waals surface area contributed by atoms with Crippen molar-refractivity contribution < 1.29 is 4.79 Å². The number of hydrogen-bond donors (Lipinski definition) is 2. The van der Waals surface area contributed by atoms with Crippen LogP contribution in [-0.2, 0) is 4.79 Å². The first-order chi connectivity index (χ1) is 11.9. The standard InChI is InChI=1S/C17H17Br3N4O/c1-24(2)13-5-3-11(4-6-13)9-22-23-16(25)10-21-17-14(19)7-12(18)8-15(17)20/h3-9,21H,10H2,1-2H3,(H,23,25)/b22-9+. The van der Waals surface area contributed by atoms with E-state index >= 15 is 0 Å². The first kappa shape index (κ1) is 19.9. The van der Waals surface area contributed by atoms with Gasteiger partial charge in [-0.3, -0.25) is 4.79 Å². The predicted octanol–water partition coefficient (Wildman–Crippen LogP) is 4.60. The first-order valence-corrected chi connectivity index (χ1v) is 9.72. The van der Waals surface area contributed by atoms with Crippen molar-refractivity contribution in [2.24, 2.45) is 5.10 Å². The molecule has 132 valence electrons. The molecule has 5 nitrogen and oxygen atoms in total. The van der Waals surface area contributed by atoms with Crippen molar-refractivity contribution in [3.8, 4) is 0 Å². The van der Waals surface area contributed by atoms with Crippen LogP contribution in [0.15, 0.2) is 54.9 Å². The van der Waals surface area contributed by atoms with E-state index in [1.165, 1.54) is 0 Å². The maximum Gasteiger partial charge on any atom is 0.259 e. The molecule has 0 aromatic heterocycles. The zero-order chi connectivity index (χ0) is 18.4. The number of rotatable bonds is 6. The van der Waals surface area contributed by atoms with E-state index in [1.807, 2.05) is 55.4 Å². The van der Waals surface area contributed by atoms with Crippen LogP contribution in [0.1, 0.15) is 5.56 Å². The van der Waals surface area contributed by atoms with Gasteiger partial charge in [0, 0.05) is 33.2 Å². The molecule has 0 aliphatic carbocycles. The molecular weight excluding hydrogens is 516 g/mol. The van der Waals surface area contributed by atoms with Gasteiger partial charge in [0.25, 0.3) is 5.91 Å². The molecule has 0 bridgehead atoms. The van der Waals surface area contributed by atoms with Crippen molar-refractivity contribution in [3.05, 3.63) is 55.4 Å². The van der Waals surface area contributed by atoms with Gasteiger partial charge < -0.3 is 10.2 Å². The van der Waals surface area contributed by atoms with E-state index in [0.29, 0.717) is 0 Å². The van der Waals surface area contributed by atoms with Gasteiger partial charge in [-0.05, 0) is 61.7 Å². The second-order valence-corrected chi connectivity index (χ2v) is 8.00. The molecule has 2 aromatic carbocycles.